The lowest BCUT2D eigenvalue weighted by molar-refractivity contribution is 0.0386. The van der Waals surface area contributed by atoms with Crippen LogP contribution >= 0.6 is 0 Å². The van der Waals surface area contributed by atoms with Crippen molar-refractivity contribution in [1.29, 1.82) is 0 Å². The Bertz CT molecular complexity index is 464. The Morgan fingerprint density at radius 1 is 1.29 bits per heavy atom. The number of sulfonamides is 1. The molecular formula is C12H17NO3S. The molecular weight excluding hydrogens is 238 g/mol. The summed E-state index contributed by atoms with van der Waals surface area (Å²) in [5.74, 6) is 0. The molecule has 0 aromatic heterocycles. The molecule has 0 spiro atoms. The van der Waals surface area contributed by atoms with Crippen LogP contribution in [-0.2, 0) is 14.8 Å². The van der Waals surface area contributed by atoms with Gasteiger partial charge in [0.05, 0.1) is 17.0 Å². The maximum atomic E-state index is 12.1. The minimum absolute atomic E-state index is 0.298. The number of benzene rings is 1. The second kappa shape index (κ2) is 4.76. The summed E-state index contributed by atoms with van der Waals surface area (Å²) in [5, 5.41) is 0. The molecule has 1 aromatic rings. The highest BCUT2D eigenvalue weighted by molar-refractivity contribution is 7.89. The number of nitrogens with one attached hydrogen (secondary N) is 1. The third-order valence-electron chi connectivity index (χ3n) is 2.87. The molecule has 1 aliphatic heterocycles. The lowest BCUT2D eigenvalue weighted by atomic mass is 9.97. The van der Waals surface area contributed by atoms with Crippen molar-refractivity contribution < 1.29 is 13.2 Å². The molecule has 0 bridgehead atoms. The normalized spacial score (nSPS) is 25.7. The van der Waals surface area contributed by atoms with Crippen molar-refractivity contribution in [3.63, 3.8) is 0 Å². The second-order valence-electron chi connectivity index (χ2n) is 4.64. The SMILES string of the molecule is CC1(NS(=O)(=O)c2ccccc2)CCCOC1. The Kier molecular flexibility index (Phi) is 3.51. The van der Waals surface area contributed by atoms with Crippen molar-refractivity contribution in [1.82, 2.24) is 4.72 Å². The Labute approximate surface area is 102 Å². The van der Waals surface area contributed by atoms with Gasteiger partial charge in [0.25, 0.3) is 0 Å². The van der Waals surface area contributed by atoms with Crippen LogP contribution < -0.4 is 4.72 Å². The summed E-state index contributed by atoms with van der Waals surface area (Å²) in [5.41, 5.74) is -0.493. The van der Waals surface area contributed by atoms with E-state index in [2.05, 4.69) is 4.72 Å². The molecule has 1 N–H and O–H groups in total. The first kappa shape index (κ1) is 12.5. The lowest BCUT2D eigenvalue weighted by Gasteiger charge is -2.33. The average Bonchev–Trinajstić information content (AvgIpc) is 2.30. The van der Waals surface area contributed by atoms with E-state index in [0.717, 1.165) is 12.8 Å². The Balaban J connectivity index is 2.17. The van der Waals surface area contributed by atoms with Crippen molar-refractivity contribution in [2.45, 2.75) is 30.2 Å². The van der Waals surface area contributed by atoms with Crippen LogP contribution in [0.15, 0.2) is 35.2 Å². The number of hydrogen-bond acceptors (Lipinski definition) is 3. The van der Waals surface area contributed by atoms with Gasteiger partial charge in [-0.3, -0.25) is 0 Å². The first-order chi connectivity index (χ1) is 8.02. The number of hydrogen-bond donors (Lipinski definition) is 1. The molecule has 0 radical (unpaired) electrons. The molecule has 4 nitrogen and oxygen atoms in total. The molecule has 17 heavy (non-hydrogen) atoms. The molecule has 0 aliphatic carbocycles. The average molecular weight is 255 g/mol. The van der Waals surface area contributed by atoms with Crippen LogP contribution in [0.5, 0.6) is 0 Å². The second-order valence-corrected chi connectivity index (χ2v) is 6.32. The number of rotatable bonds is 3. The Morgan fingerprint density at radius 3 is 2.59 bits per heavy atom. The van der Waals surface area contributed by atoms with Crippen molar-refractivity contribution in [3.8, 4) is 0 Å². The van der Waals surface area contributed by atoms with Gasteiger partial charge in [-0.1, -0.05) is 18.2 Å². The van der Waals surface area contributed by atoms with E-state index < -0.39 is 15.6 Å². The lowest BCUT2D eigenvalue weighted by Crippen LogP contribution is -2.51. The fraction of sp³-hybridized carbons (Fsp3) is 0.500. The van der Waals surface area contributed by atoms with Gasteiger partial charge in [0, 0.05) is 6.61 Å². The molecule has 1 saturated heterocycles. The van der Waals surface area contributed by atoms with E-state index in [1.807, 2.05) is 6.92 Å². The minimum atomic E-state index is -3.45. The highest BCUT2D eigenvalue weighted by Gasteiger charge is 2.32. The first-order valence-electron chi connectivity index (χ1n) is 5.69. The van der Waals surface area contributed by atoms with Crippen molar-refractivity contribution in [2.75, 3.05) is 13.2 Å². The molecule has 1 heterocycles. The molecule has 5 heteroatoms. The molecule has 1 fully saturated rings. The molecule has 0 saturated carbocycles. The van der Waals surface area contributed by atoms with Gasteiger partial charge in [0.2, 0.25) is 10.0 Å². The van der Waals surface area contributed by atoms with Gasteiger partial charge in [-0.05, 0) is 31.9 Å². The predicted octanol–water partition coefficient (Wildman–Crippen LogP) is 1.53. The van der Waals surface area contributed by atoms with Crippen LogP contribution in [-0.4, -0.2) is 27.2 Å². The van der Waals surface area contributed by atoms with E-state index >= 15 is 0 Å². The van der Waals surface area contributed by atoms with E-state index in [4.69, 9.17) is 4.74 Å². The topological polar surface area (TPSA) is 55.4 Å². The fourth-order valence-corrected chi connectivity index (χ4v) is 3.44. The summed E-state index contributed by atoms with van der Waals surface area (Å²) >= 11 is 0. The minimum Gasteiger partial charge on any atom is -0.380 e. The zero-order chi connectivity index (χ0) is 12.4. The quantitative estimate of drug-likeness (QED) is 0.891. The molecule has 0 amide bonds. The maximum Gasteiger partial charge on any atom is 0.241 e. The molecule has 1 aliphatic rings. The summed E-state index contributed by atoms with van der Waals surface area (Å²) < 4.78 is 32.4. The largest absolute Gasteiger partial charge is 0.380 e. The molecule has 1 aromatic carbocycles. The zero-order valence-electron chi connectivity index (χ0n) is 9.85. The van der Waals surface area contributed by atoms with Crippen LogP contribution in [0.2, 0.25) is 0 Å². The summed E-state index contributed by atoms with van der Waals surface area (Å²) in [7, 11) is -3.45. The van der Waals surface area contributed by atoms with Crippen molar-refractivity contribution >= 4 is 10.0 Å². The van der Waals surface area contributed by atoms with Crippen LogP contribution in [0.3, 0.4) is 0 Å². The highest BCUT2D eigenvalue weighted by Crippen LogP contribution is 2.21. The van der Waals surface area contributed by atoms with E-state index in [9.17, 15) is 8.42 Å². The first-order valence-corrected chi connectivity index (χ1v) is 7.17. The van der Waals surface area contributed by atoms with Gasteiger partial charge >= 0.3 is 0 Å². The van der Waals surface area contributed by atoms with Crippen molar-refractivity contribution in [3.05, 3.63) is 30.3 Å². The van der Waals surface area contributed by atoms with Gasteiger partial charge in [0.1, 0.15) is 0 Å². The van der Waals surface area contributed by atoms with Gasteiger partial charge in [-0.25, -0.2) is 13.1 Å². The number of ether oxygens (including phenoxy) is 1. The van der Waals surface area contributed by atoms with Crippen molar-refractivity contribution in [2.24, 2.45) is 0 Å². The Morgan fingerprint density at radius 2 is 2.00 bits per heavy atom. The van der Waals surface area contributed by atoms with E-state index in [1.165, 1.54) is 0 Å². The smallest absolute Gasteiger partial charge is 0.241 e. The highest BCUT2D eigenvalue weighted by atomic mass is 32.2. The van der Waals surface area contributed by atoms with Gasteiger partial charge in [-0.15, -0.1) is 0 Å². The molecule has 1 atom stereocenters. The summed E-state index contributed by atoms with van der Waals surface area (Å²) in [6.07, 6.45) is 1.69. The van der Waals surface area contributed by atoms with Gasteiger partial charge < -0.3 is 4.74 Å². The standard InChI is InChI=1S/C12H17NO3S/c1-12(8-5-9-16-10-12)13-17(14,15)11-6-3-2-4-7-11/h2-4,6-7,13H,5,8-10H2,1H3. The summed E-state index contributed by atoms with van der Waals surface area (Å²) in [6, 6.07) is 8.41. The van der Waals surface area contributed by atoms with Crippen LogP contribution in [0.25, 0.3) is 0 Å². The van der Waals surface area contributed by atoms with Gasteiger partial charge in [-0.2, -0.15) is 0 Å². The summed E-state index contributed by atoms with van der Waals surface area (Å²) in [4.78, 5) is 0.298. The van der Waals surface area contributed by atoms with E-state index in [-0.39, 0.29) is 0 Å². The Hall–Kier alpha value is -0.910. The zero-order valence-corrected chi connectivity index (χ0v) is 10.7. The third-order valence-corrected chi connectivity index (χ3v) is 4.53. The van der Waals surface area contributed by atoms with Crippen LogP contribution in [0, 0.1) is 0 Å². The van der Waals surface area contributed by atoms with E-state index in [0.29, 0.717) is 18.1 Å². The van der Waals surface area contributed by atoms with Crippen LogP contribution in [0.4, 0.5) is 0 Å². The summed E-state index contributed by atoms with van der Waals surface area (Å²) in [6.45, 7) is 3.02. The maximum absolute atomic E-state index is 12.1. The monoisotopic (exact) mass is 255 g/mol. The van der Waals surface area contributed by atoms with Gasteiger partial charge in [0.15, 0.2) is 0 Å². The van der Waals surface area contributed by atoms with Crippen LogP contribution in [0.1, 0.15) is 19.8 Å². The molecule has 94 valence electrons. The third kappa shape index (κ3) is 3.06. The fourth-order valence-electron chi connectivity index (χ4n) is 2.00. The molecule has 2 rings (SSSR count). The molecule has 1 unspecified atom stereocenters. The predicted molar refractivity (Wildman–Crippen MR) is 65.2 cm³/mol. The van der Waals surface area contributed by atoms with E-state index in [1.54, 1.807) is 30.3 Å².